The van der Waals surface area contributed by atoms with E-state index in [4.69, 9.17) is 39.8 Å². The zero-order valence-corrected chi connectivity index (χ0v) is 20.4. The molecule has 33 heavy (non-hydrogen) atoms. The first-order chi connectivity index (χ1) is 15.9. The predicted molar refractivity (Wildman–Crippen MR) is 134 cm³/mol. The van der Waals surface area contributed by atoms with Gasteiger partial charge in [-0.2, -0.15) is 0 Å². The molecule has 4 aromatic rings. The van der Waals surface area contributed by atoms with E-state index in [1.54, 1.807) is 12.4 Å². The summed E-state index contributed by atoms with van der Waals surface area (Å²) < 4.78 is 2.01. The van der Waals surface area contributed by atoms with E-state index in [9.17, 15) is 0 Å². The number of halogens is 3. The first-order valence-electron chi connectivity index (χ1n) is 10.8. The fourth-order valence-corrected chi connectivity index (χ4v) is 5.85. The van der Waals surface area contributed by atoms with Gasteiger partial charge < -0.3 is 9.80 Å². The van der Waals surface area contributed by atoms with E-state index in [2.05, 4.69) is 33.9 Å². The van der Waals surface area contributed by atoms with Gasteiger partial charge in [-0.15, -0.1) is 0 Å². The zero-order valence-electron chi connectivity index (χ0n) is 18.1. The Bertz CT molecular complexity index is 1350. The highest BCUT2D eigenvalue weighted by molar-refractivity contribution is 6.36. The molecular formula is C24H21Cl3N6. The van der Waals surface area contributed by atoms with Crippen LogP contribution in [0.25, 0.3) is 28.2 Å². The summed E-state index contributed by atoms with van der Waals surface area (Å²) in [7, 11) is 4.32. The van der Waals surface area contributed by atoms with E-state index in [1.807, 2.05) is 41.0 Å². The summed E-state index contributed by atoms with van der Waals surface area (Å²) in [5.41, 5.74) is 3.16. The monoisotopic (exact) mass is 498 g/mol. The van der Waals surface area contributed by atoms with Gasteiger partial charge in [0.1, 0.15) is 12.2 Å². The summed E-state index contributed by atoms with van der Waals surface area (Å²) in [5, 5.41) is 1.76. The van der Waals surface area contributed by atoms with Gasteiger partial charge >= 0.3 is 0 Å². The average molecular weight is 500 g/mol. The van der Waals surface area contributed by atoms with Gasteiger partial charge in [-0.05, 0) is 68.4 Å². The summed E-state index contributed by atoms with van der Waals surface area (Å²) in [4.78, 5) is 19.0. The molecule has 0 bridgehead atoms. The normalized spacial score (nSPS) is 21.8. The van der Waals surface area contributed by atoms with Gasteiger partial charge in [0.05, 0.1) is 5.02 Å². The first kappa shape index (κ1) is 21.2. The summed E-state index contributed by atoms with van der Waals surface area (Å²) in [6.07, 6.45) is 1.62. The van der Waals surface area contributed by atoms with E-state index in [0.717, 1.165) is 41.3 Å². The highest BCUT2D eigenvalue weighted by atomic mass is 35.5. The van der Waals surface area contributed by atoms with Crippen LogP contribution >= 0.6 is 34.8 Å². The molecule has 6 nitrogen and oxygen atoms in total. The Balaban J connectivity index is 1.51. The molecule has 0 radical (unpaired) electrons. The number of nitrogens with zero attached hydrogens (tertiary/aromatic N) is 6. The molecular weight excluding hydrogens is 479 g/mol. The first-order valence-corrected chi connectivity index (χ1v) is 11.9. The molecule has 3 heterocycles. The third-order valence-corrected chi connectivity index (χ3v) is 7.53. The molecule has 2 atom stereocenters. The van der Waals surface area contributed by atoms with Crippen molar-refractivity contribution in [3.63, 3.8) is 0 Å². The number of fused-ring (bicyclic) bond motifs is 2. The lowest BCUT2D eigenvalue weighted by Crippen LogP contribution is -2.31. The zero-order chi connectivity index (χ0) is 22.9. The Kier molecular flexibility index (Phi) is 5.03. The molecule has 0 amide bonds. The van der Waals surface area contributed by atoms with E-state index < -0.39 is 0 Å². The maximum absolute atomic E-state index is 6.60. The standard InChI is InChI=1S/C24H21Cl3N6/c1-31(2)21-17-10-32(11-18(17)21)23-20-24(29-12-28-23)33(15-6-3-13(25)4-7-15)22(30-20)16-8-5-14(26)9-19(16)27/h3-9,12,17-18,21H,10-11H2,1-2H3. The van der Waals surface area contributed by atoms with Gasteiger partial charge in [-0.25, -0.2) is 15.0 Å². The van der Waals surface area contributed by atoms with Crippen LogP contribution < -0.4 is 4.90 Å². The largest absolute Gasteiger partial charge is 0.354 e. The quantitative estimate of drug-likeness (QED) is 0.374. The molecule has 1 saturated carbocycles. The van der Waals surface area contributed by atoms with E-state index >= 15 is 0 Å². The molecule has 9 heteroatoms. The van der Waals surface area contributed by atoms with Crippen molar-refractivity contribution < 1.29 is 0 Å². The number of benzene rings is 2. The number of anilines is 1. The van der Waals surface area contributed by atoms with Crippen LogP contribution in [0.15, 0.2) is 48.8 Å². The Hall–Kier alpha value is -2.38. The highest BCUT2D eigenvalue weighted by Gasteiger charge is 2.57. The molecule has 2 unspecified atom stereocenters. The van der Waals surface area contributed by atoms with Crippen molar-refractivity contribution >= 4 is 51.8 Å². The van der Waals surface area contributed by atoms with Crippen LogP contribution in [0.5, 0.6) is 0 Å². The molecule has 2 fully saturated rings. The number of imidazole rings is 1. The van der Waals surface area contributed by atoms with Crippen LogP contribution in [0.1, 0.15) is 0 Å². The lowest BCUT2D eigenvalue weighted by Gasteiger charge is -2.23. The smallest absolute Gasteiger partial charge is 0.170 e. The lowest BCUT2D eigenvalue weighted by molar-refractivity contribution is 0.356. The van der Waals surface area contributed by atoms with Crippen LogP contribution in [-0.2, 0) is 0 Å². The Morgan fingerprint density at radius 1 is 0.909 bits per heavy atom. The number of hydrogen-bond acceptors (Lipinski definition) is 5. The van der Waals surface area contributed by atoms with Crippen molar-refractivity contribution in [1.29, 1.82) is 0 Å². The maximum atomic E-state index is 6.60. The predicted octanol–water partition coefficient (Wildman–Crippen LogP) is 5.44. The number of aromatic nitrogens is 4. The summed E-state index contributed by atoms with van der Waals surface area (Å²) in [6.45, 7) is 1.95. The lowest BCUT2D eigenvalue weighted by atomic mass is 10.2. The molecule has 1 saturated heterocycles. The SMILES string of the molecule is CN(C)C1C2CN(c3ncnc4c3nc(-c3ccc(Cl)cc3Cl)n4-c3ccc(Cl)cc3)CC21. The van der Waals surface area contributed by atoms with Gasteiger partial charge in [0.25, 0.3) is 0 Å². The van der Waals surface area contributed by atoms with Crippen molar-refractivity contribution in [3.8, 4) is 17.1 Å². The van der Waals surface area contributed by atoms with E-state index in [1.165, 1.54) is 0 Å². The fraction of sp³-hybridized carbons (Fsp3) is 0.292. The van der Waals surface area contributed by atoms with Crippen LogP contribution in [0.4, 0.5) is 5.82 Å². The summed E-state index contributed by atoms with van der Waals surface area (Å²) in [6, 6.07) is 13.7. The van der Waals surface area contributed by atoms with Crippen molar-refractivity contribution in [2.24, 2.45) is 11.8 Å². The van der Waals surface area contributed by atoms with Gasteiger partial charge in [-0.3, -0.25) is 4.57 Å². The van der Waals surface area contributed by atoms with Crippen LogP contribution in [-0.4, -0.2) is 57.6 Å². The summed E-state index contributed by atoms with van der Waals surface area (Å²) in [5.74, 6) is 2.90. The molecule has 1 aliphatic carbocycles. The van der Waals surface area contributed by atoms with Crippen molar-refractivity contribution in [3.05, 3.63) is 63.9 Å². The van der Waals surface area contributed by atoms with Crippen molar-refractivity contribution in [2.75, 3.05) is 32.1 Å². The van der Waals surface area contributed by atoms with Gasteiger partial charge in [0.2, 0.25) is 0 Å². The van der Waals surface area contributed by atoms with Crippen molar-refractivity contribution in [2.45, 2.75) is 6.04 Å². The minimum Gasteiger partial charge on any atom is -0.354 e. The van der Waals surface area contributed by atoms with E-state index in [0.29, 0.717) is 38.8 Å². The van der Waals surface area contributed by atoms with E-state index in [-0.39, 0.29) is 0 Å². The second-order valence-electron chi connectivity index (χ2n) is 8.93. The minimum absolute atomic E-state index is 0.527. The second-order valence-corrected chi connectivity index (χ2v) is 10.2. The minimum atomic E-state index is 0.527. The Morgan fingerprint density at radius 3 is 2.27 bits per heavy atom. The molecule has 2 aliphatic rings. The molecule has 168 valence electrons. The third kappa shape index (κ3) is 3.48. The van der Waals surface area contributed by atoms with Gasteiger partial charge in [0, 0.05) is 40.4 Å². The molecule has 2 aromatic heterocycles. The molecule has 0 N–H and O–H groups in total. The number of rotatable bonds is 4. The second kappa shape index (κ2) is 7.84. The molecule has 0 spiro atoms. The summed E-state index contributed by atoms with van der Waals surface area (Å²) >= 11 is 18.9. The van der Waals surface area contributed by atoms with Gasteiger partial charge in [0.15, 0.2) is 17.0 Å². The Labute approximate surface area is 206 Å². The Morgan fingerprint density at radius 2 is 1.61 bits per heavy atom. The molecule has 6 rings (SSSR count). The van der Waals surface area contributed by atoms with Crippen molar-refractivity contribution in [1.82, 2.24) is 24.4 Å². The highest BCUT2D eigenvalue weighted by Crippen LogP contribution is 2.49. The topological polar surface area (TPSA) is 50.1 Å². The maximum Gasteiger partial charge on any atom is 0.170 e. The van der Waals surface area contributed by atoms with Gasteiger partial charge in [-0.1, -0.05) is 34.8 Å². The number of hydrogen-bond donors (Lipinski definition) is 0. The van der Waals surface area contributed by atoms with Crippen LogP contribution in [0, 0.1) is 11.8 Å². The number of piperidine rings is 1. The molecule has 1 aliphatic heterocycles. The van der Waals surface area contributed by atoms with Crippen LogP contribution in [0.2, 0.25) is 15.1 Å². The van der Waals surface area contributed by atoms with Crippen LogP contribution in [0.3, 0.4) is 0 Å². The molecule has 2 aromatic carbocycles. The third-order valence-electron chi connectivity index (χ3n) is 6.73. The average Bonchev–Trinajstić information content (AvgIpc) is 3.11. The fourth-order valence-electron chi connectivity index (χ4n) is 5.23.